The first kappa shape index (κ1) is 15.7. The van der Waals surface area contributed by atoms with Crippen LogP contribution in [0.15, 0.2) is 12.2 Å². The van der Waals surface area contributed by atoms with Crippen molar-refractivity contribution in [3.8, 4) is 0 Å². The Labute approximate surface area is 139 Å². The summed E-state index contributed by atoms with van der Waals surface area (Å²) < 4.78 is 0. The highest BCUT2D eigenvalue weighted by Crippen LogP contribution is 2.72. The lowest BCUT2D eigenvalue weighted by atomic mass is 9.40. The first-order valence-electron chi connectivity index (χ1n) is 9.36. The van der Waals surface area contributed by atoms with E-state index in [-0.39, 0.29) is 22.9 Å². The number of carboxylic acids is 1. The lowest BCUT2D eigenvalue weighted by molar-refractivity contribution is -0.190. The topological polar surface area (TPSA) is 57.5 Å². The van der Waals surface area contributed by atoms with Gasteiger partial charge in [-0.1, -0.05) is 19.9 Å². The third kappa shape index (κ3) is 1.72. The van der Waals surface area contributed by atoms with Crippen molar-refractivity contribution in [2.45, 2.75) is 71.3 Å². The molecule has 4 fully saturated rings. The van der Waals surface area contributed by atoms with Gasteiger partial charge in [0.2, 0.25) is 0 Å². The van der Waals surface area contributed by atoms with E-state index in [9.17, 15) is 15.0 Å². The molecule has 3 nitrogen and oxygen atoms in total. The second kappa shape index (κ2) is 4.62. The number of fused-ring (bicyclic) bond motifs is 3. The van der Waals surface area contributed by atoms with Gasteiger partial charge in [0.1, 0.15) is 0 Å². The van der Waals surface area contributed by atoms with E-state index in [0.717, 1.165) is 56.9 Å². The Bertz CT molecular complexity index is 569. The van der Waals surface area contributed by atoms with Gasteiger partial charge in [-0.2, -0.15) is 0 Å². The highest BCUT2D eigenvalue weighted by molar-refractivity contribution is 5.75. The molecule has 4 rings (SSSR count). The molecule has 1 spiro atoms. The fourth-order valence-corrected chi connectivity index (χ4v) is 7.62. The molecule has 23 heavy (non-hydrogen) atoms. The van der Waals surface area contributed by atoms with Gasteiger partial charge in [0.15, 0.2) is 0 Å². The van der Waals surface area contributed by atoms with E-state index in [2.05, 4.69) is 13.5 Å². The average Bonchev–Trinajstić information content (AvgIpc) is 2.68. The van der Waals surface area contributed by atoms with Crippen LogP contribution in [0, 0.1) is 34.0 Å². The molecule has 0 aromatic rings. The average molecular weight is 318 g/mol. The minimum atomic E-state index is -0.616. The summed E-state index contributed by atoms with van der Waals surface area (Å²) >= 11 is 0. The molecular formula is C20H30O3. The number of aliphatic carboxylic acids is 1. The van der Waals surface area contributed by atoms with Gasteiger partial charge in [0.05, 0.1) is 11.5 Å². The molecular weight excluding hydrogens is 288 g/mol. The fraction of sp³-hybridized carbons (Fsp3) is 0.850. The lowest BCUT2D eigenvalue weighted by Gasteiger charge is -2.63. The van der Waals surface area contributed by atoms with E-state index in [1.54, 1.807) is 0 Å². The van der Waals surface area contributed by atoms with Crippen molar-refractivity contribution in [3.63, 3.8) is 0 Å². The molecule has 0 aromatic carbocycles. The van der Waals surface area contributed by atoms with E-state index >= 15 is 0 Å². The molecule has 7 atom stereocenters. The summed E-state index contributed by atoms with van der Waals surface area (Å²) in [6.07, 6.45) is 7.86. The SMILES string of the molecule is C=C1[C@H]2CC[C@H]3[C@]4(C)CCC[C@@](C)(C(=O)O)[C@H]4CC[C@]3(C2)[C@@H]1O. The van der Waals surface area contributed by atoms with Crippen molar-refractivity contribution < 1.29 is 15.0 Å². The van der Waals surface area contributed by atoms with E-state index < -0.39 is 11.4 Å². The summed E-state index contributed by atoms with van der Waals surface area (Å²) in [7, 11) is 0. The number of hydrogen-bond acceptors (Lipinski definition) is 2. The van der Waals surface area contributed by atoms with Crippen LogP contribution in [0.2, 0.25) is 0 Å². The largest absolute Gasteiger partial charge is 0.481 e. The van der Waals surface area contributed by atoms with Crippen LogP contribution in [0.1, 0.15) is 65.2 Å². The van der Waals surface area contributed by atoms with Gasteiger partial charge in [0, 0.05) is 5.41 Å². The third-order valence-corrected chi connectivity index (χ3v) is 8.70. The summed E-state index contributed by atoms with van der Waals surface area (Å²) in [6.45, 7) is 8.53. The minimum absolute atomic E-state index is 0.0119. The summed E-state index contributed by atoms with van der Waals surface area (Å²) in [5, 5.41) is 20.9. The lowest BCUT2D eigenvalue weighted by Crippen LogP contribution is -2.60. The monoisotopic (exact) mass is 318 g/mol. The zero-order chi connectivity index (χ0) is 16.6. The molecule has 2 bridgehead atoms. The second-order valence-corrected chi connectivity index (χ2v) is 9.41. The Morgan fingerprint density at radius 2 is 1.87 bits per heavy atom. The fourth-order valence-electron chi connectivity index (χ4n) is 7.62. The Morgan fingerprint density at radius 1 is 1.13 bits per heavy atom. The zero-order valence-corrected chi connectivity index (χ0v) is 14.5. The molecule has 4 saturated carbocycles. The first-order chi connectivity index (χ1) is 10.8. The molecule has 0 heterocycles. The molecule has 2 N–H and O–H groups in total. The molecule has 0 amide bonds. The molecule has 128 valence electrons. The maximum absolute atomic E-state index is 12.0. The maximum atomic E-state index is 12.0. The zero-order valence-electron chi connectivity index (χ0n) is 14.5. The first-order valence-corrected chi connectivity index (χ1v) is 9.36. The van der Waals surface area contributed by atoms with Crippen LogP contribution in [-0.2, 0) is 4.79 Å². The molecule has 0 radical (unpaired) electrons. The Hall–Kier alpha value is -0.830. The number of aliphatic hydroxyl groups is 1. The van der Waals surface area contributed by atoms with Crippen LogP contribution in [0.25, 0.3) is 0 Å². The van der Waals surface area contributed by atoms with Crippen LogP contribution in [0.3, 0.4) is 0 Å². The molecule has 4 aliphatic rings. The molecule has 0 aromatic heterocycles. The molecule has 0 unspecified atom stereocenters. The molecule has 4 aliphatic carbocycles. The molecule has 3 heteroatoms. The van der Waals surface area contributed by atoms with Crippen LogP contribution >= 0.6 is 0 Å². The molecule has 0 aliphatic heterocycles. The van der Waals surface area contributed by atoms with Crippen LogP contribution in [0.4, 0.5) is 0 Å². The normalized spacial score (nSPS) is 55.2. The maximum Gasteiger partial charge on any atom is 0.309 e. The van der Waals surface area contributed by atoms with E-state index in [0.29, 0.717) is 11.8 Å². The quantitative estimate of drug-likeness (QED) is 0.718. The number of carboxylic acid groups (broad SMARTS) is 1. The van der Waals surface area contributed by atoms with Crippen LogP contribution in [-0.4, -0.2) is 22.3 Å². The van der Waals surface area contributed by atoms with Gasteiger partial charge in [-0.25, -0.2) is 0 Å². The van der Waals surface area contributed by atoms with Gasteiger partial charge in [-0.3, -0.25) is 4.79 Å². The van der Waals surface area contributed by atoms with Crippen molar-refractivity contribution in [1.29, 1.82) is 0 Å². The van der Waals surface area contributed by atoms with Gasteiger partial charge < -0.3 is 10.2 Å². The summed E-state index contributed by atoms with van der Waals surface area (Å²) in [4.78, 5) is 12.0. The smallest absolute Gasteiger partial charge is 0.309 e. The van der Waals surface area contributed by atoms with Gasteiger partial charge in [-0.05, 0) is 80.6 Å². The predicted octanol–water partition coefficient (Wildman–Crippen LogP) is 4.01. The van der Waals surface area contributed by atoms with Crippen molar-refractivity contribution in [2.24, 2.45) is 34.0 Å². The number of hydrogen-bond donors (Lipinski definition) is 2. The number of carbonyl (C=O) groups is 1. The standard InChI is InChI=1S/C20H30O3/c1-12-13-5-6-15-18(2)8-4-9-19(3,17(22)23)14(18)7-10-20(15,11-13)16(12)21/h13-16,21H,1,4-11H2,2-3H3,(H,22,23)/t13-,14-,15-,16+,18+,19+,20+/m0/s1. The van der Waals surface area contributed by atoms with Crippen molar-refractivity contribution in [2.75, 3.05) is 0 Å². The summed E-state index contributed by atoms with van der Waals surface area (Å²) in [6, 6.07) is 0. The third-order valence-electron chi connectivity index (χ3n) is 8.70. The predicted molar refractivity (Wildman–Crippen MR) is 88.8 cm³/mol. The molecule has 0 saturated heterocycles. The van der Waals surface area contributed by atoms with Crippen LogP contribution in [0.5, 0.6) is 0 Å². The Balaban J connectivity index is 1.78. The Morgan fingerprint density at radius 3 is 2.57 bits per heavy atom. The van der Waals surface area contributed by atoms with Crippen molar-refractivity contribution in [3.05, 3.63) is 12.2 Å². The number of rotatable bonds is 1. The van der Waals surface area contributed by atoms with Crippen molar-refractivity contribution in [1.82, 2.24) is 0 Å². The highest BCUT2D eigenvalue weighted by Gasteiger charge is 2.67. The van der Waals surface area contributed by atoms with Gasteiger partial charge in [0.25, 0.3) is 0 Å². The highest BCUT2D eigenvalue weighted by atomic mass is 16.4. The van der Waals surface area contributed by atoms with Crippen molar-refractivity contribution >= 4 is 5.97 Å². The van der Waals surface area contributed by atoms with Crippen LogP contribution < -0.4 is 0 Å². The van der Waals surface area contributed by atoms with E-state index in [4.69, 9.17) is 0 Å². The summed E-state index contributed by atoms with van der Waals surface area (Å²) in [5.74, 6) is 0.581. The number of aliphatic hydroxyl groups excluding tert-OH is 1. The van der Waals surface area contributed by atoms with Gasteiger partial charge >= 0.3 is 5.97 Å². The van der Waals surface area contributed by atoms with E-state index in [1.165, 1.54) is 0 Å². The minimum Gasteiger partial charge on any atom is -0.481 e. The van der Waals surface area contributed by atoms with Gasteiger partial charge in [-0.15, -0.1) is 0 Å². The summed E-state index contributed by atoms with van der Waals surface area (Å²) in [5.41, 5.74) is 0.514. The second-order valence-electron chi connectivity index (χ2n) is 9.41. The Kier molecular flexibility index (Phi) is 3.15. The van der Waals surface area contributed by atoms with E-state index in [1.807, 2.05) is 6.92 Å².